The van der Waals surface area contributed by atoms with Gasteiger partial charge in [-0.1, -0.05) is 15.9 Å². The van der Waals surface area contributed by atoms with E-state index in [1.807, 2.05) is 39.8 Å². The lowest BCUT2D eigenvalue weighted by atomic mass is 10.1. The van der Waals surface area contributed by atoms with Gasteiger partial charge in [-0.25, -0.2) is 14.4 Å². The molecule has 1 N–H and O–H groups in total. The Bertz CT molecular complexity index is 1070. The van der Waals surface area contributed by atoms with Crippen LogP contribution in [-0.4, -0.2) is 47.4 Å². The average molecular weight is 580 g/mol. The summed E-state index contributed by atoms with van der Waals surface area (Å²) in [6.45, 7) is 16.5. The second-order valence-electron chi connectivity index (χ2n) is 10.6. The summed E-state index contributed by atoms with van der Waals surface area (Å²) in [4.78, 5) is 34.2. The number of aryl methyl sites for hydroxylation is 2. The fourth-order valence-corrected chi connectivity index (χ4v) is 3.23. The summed E-state index contributed by atoms with van der Waals surface area (Å²) >= 11 is 3.39. The minimum absolute atomic E-state index is 0.192. The van der Waals surface area contributed by atoms with Crippen molar-refractivity contribution in [2.75, 3.05) is 13.2 Å². The SMILES string of the molecule is C1CCOC1.Cc1cc(C(=O)OC(C)(C)C)ccc1Br.Cc1cc(C(=O)OC(C)(C)C)ccc1C(=O)O. The molecule has 0 unspecified atom stereocenters. The Morgan fingerprint density at radius 3 is 1.54 bits per heavy atom. The molecule has 1 saturated heterocycles. The predicted molar refractivity (Wildman–Crippen MR) is 147 cm³/mol. The maximum absolute atomic E-state index is 11.7. The number of benzene rings is 2. The number of carbonyl (C=O) groups excluding carboxylic acids is 2. The minimum Gasteiger partial charge on any atom is -0.478 e. The normalized spacial score (nSPS) is 12.9. The summed E-state index contributed by atoms with van der Waals surface area (Å²) in [7, 11) is 0. The van der Waals surface area contributed by atoms with Gasteiger partial charge in [0.25, 0.3) is 0 Å². The number of esters is 2. The number of carboxylic acids is 1. The van der Waals surface area contributed by atoms with Gasteiger partial charge in [0.2, 0.25) is 0 Å². The monoisotopic (exact) mass is 578 g/mol. The topological polar surface area (TPSA) is 99.1 Å². The Labute approximate surface area is 228 Å². The fourth-order valence-electron chi connectivity index (χ4n) is 2.99. The third kappa shape index (κ3) is 12.9. The maximum atomic E-state index is 11.7. The summed E-state index contributed by atoms with van der Waals surface area (Å²) < 4.78 is 16.4. The van der Waals surface area contributed by atoms with Crippen molar-refractivity contribution in [3.8, 4) is 0 Å². The van der Waals surface area contributed by atoms with E-state index in [1.54, 1.807) is 33.8 Å². The van der Waals surface area contributed by atoms with Crippen LogP contribution in [0.3, 0.4) is 0 Å². The molecule has 1 heterocycles. The van der Waals surface area contributed by atoms with Gasteiger partial charge in [-0.2, -0.15) is 0 Å². The van der Waals surface area contributed by atoms with Crippen molar-refractivity contribution in [2.24, 2.45) is 0 Å². The minimum atomic E-state index is -1.00. The first-order chi connectivity index (χ1) is 17.0. The van der Waals surface area contributed by atoms with Crippen LogP contribution < -0.4 is 0 Å². The second-order valence-corrected chi connectivity index (χ2v) is 11.5. The van der Waals surface area contributed by atoms with Crippen LogP contribution in [-0.2, 0) is 14.2 Å². The van der Waals surface area contributed by atoms with E-state index in [1.165, 1.54) is 31.0 Å². The number of aromatic carboxylic acids is 1. The van der Waals surface area contributed by atoms with Crippen molar-refractivity contribution in [3.05, 3.63) is 68.7 Å². The van der Waals surface area contributed by atoms with Crippen LogP contribution in [0.5, 0.6) is 0 Å². The van der Waals surface area contributed by atoms with E-state index in [9.17, 15) is 14.4 Å². The standard InChI is InChI=1S/C13H16O4.C12H15BrO2.C4H8O/c1-8-7-9(5-6-10(8)11(14)15)12(16)17-13(2,3)4;1-8-7-9(5-6-10(8)13)11(14)15-12(2,3)4;1-2-4-5-3-1/h5-7H,1-4H3,(H,14,15);5-7H,1-4H3;1-4H2. The summed E-state index contributed by atoms with van der Waals surface area (Å²) in [5.41, 5.74) is 1.71. The van der Waals surface area contributed by atoms with Crippen molar-refractivity contribution in [2.45, 2.75) is 79.4 Å². The van der Waals surface area contributed by atoms with Gasteiger partial charge >= 0.3 is 17.9 Å². The van der Waals surface area contributed by atoms with Crippen LogP contribution in [0.25, 0.3) is 0 Å². The van der Waals surface area contributed by atoms with Crippen molar-refractivity contribution in [1.29, 1.82) is 0 Å². The largest absolute Gasteiger partial charge is 0.478 e. The highest BCUT2D eigenvalue weighted by Crippen LogP contribution is 2.19. The molecule has 0 bridgehead atoms. The first kappa shape index (κ1) is 32.3. The molecular formula is C29H39BrO7. The van der Waals surface area contributed by atoms with Gasteiger partial charge in [0.05, 0.1) is 16.7 Å². The molecule has 37 heavy (non-hydrogen) atoms. The molecule has 1 fully saturated rings. The highest BCUT2D eigenvalue weighted by molar-refractivity contribution is 9.10. The Balaban J connectivity index is 0.000000312. The molecular weight excluding hydrogens is 540 g/mol. The molecule has 204 valence electrons. The van der Waals surface area contributed by atoms with Crippen molar-refractivity contribution < 1.29 is 33.7 Å². The lowest BCUT2D eigenvalue weighted by Crippen LogP contribution is -2.24. The molecule has 0 amide bonds. The smallest absolute Gasteiger partial charge is 0.338 e. The molecule has 0 spiro atoms. The number of ether oxygens (including phenoxy) is 3. The maximum Gasteiger partial charge on any atom is 0.338 e. The number of hydrogen-bond donors (Lipinski definition) is 1. The molecule has 7 nitrogen and oxygen atoms in total. The molecule has 1 aliphatic heterocycles. The van der Waals surface area contributed by atoms with Crippen LogP contribution >= 0.6 is 15.9 Å². The predicted octanol–water partition coefficient (Wildman–Crippen LogP) is 7.16. The average Bonchev–Trinajstić information content (AvgIpc) is 3.33. The first-order valence-electron chi connectivity index (χ1n) is 12.1. The zero-order valence-corrected chi connectivity index (χ0v) is 24.7. The summed E-state index contributed by atoms with van der Waals surface area (Å²) in [5.74, 6) is -1.73. The van der Waals surface area contributed by atoms with E-state index < -0.39 is 23.1 Å². The Morgan fingerprint density at radius 1 is 0.784 bits per heavy atom. The zero-order chi connectivity index (χ0) is 28.4. The van der Waals surface area contributed by atoms with Gasteiger partial charge in [0.1, 0.15) is 11.2 Å². The number of carboxylic acid groups (broad SMARTS) is 1. The highest BCUT2D eigenvalue weighted by Gasteiger charge is 2.19. The molecule has 0 aliphatic carbocycles. The van der Waals surface area contributed by atoms with Gasteiger partial charge in [-0.15, -0.1) is 0 Å². The van der Waals surface area contributed by atoms with Gasteiger partial charge in [0, 0.05) is 17.7 Å². The Morgan fingerprint density at radius 2 is 1.22 bits per heavy atom. The number of hydrogen-bond acceptors (Lipinski definition) is 6. The third-order valence-corrected chi connectivity index (χ3v) is 5.60. The summed E-state index contributed by atoms with van der Waals surface area (Å²) in [6.07, 6.45) is 2.56. The van der Waals surface area contributed by atoms with Gasteiger partial charge in [-0.05, 0) is 116 Å². The summed E-state index contributed by atoms with van der Waals surface area (Å²) in [5, 5.41) is 8.87. The van der Waals surface area contributed by atoms with Crippen molar-refractivity contribution >= 4 is 33.8 Å². The van der Waals surface area contributed by atoms with E-state index in [0.29, 0.717) is 16.7 Å². The zero-order valence-electron chi connectivity index (χ0n) is 23.1. The summed E-state index contributed by atoms with van der Waals surface area (Å²) in [6, 6.07) is 9.83. The van der Waals surface area contributed by atoms with Crippen LogP contribution in [0, 0.1) is 13.8 Å². The van der Waals surface area contributed by atoms with Gasteiger partial charge in [-0.3, -0.25) is 0 Å². The molecule has 3 rings (SSSR count). The van der Waals surface area contributed by atoms with Crippen molar-refractivity contribution in [3.63, 3.8) is 0 Å². The number of rotatable bonds is 3. The molecule has 0 aromatic heterocycles. The quantitative estimate of drug-likeness (QED) is 0.385. The van der Waals surface area contributed by atoms with Gasteiger partial charge < -0.3 is 19.3 Å². The van der Waals surface area contributed by atoms with E-state index in [-0.39, 0.29) is 11.5 Å². The van der Waals surface area contributed by atoms with E-state index in [2.05, 4.69) is 15.9 Å². The van der Waals surface area contributed by atoms with Crippen LogP contribution in [0.4, 0.5) is 0 Å². The van der Waals surface area contributed by atoms with Gasteiger partial charge in [0.15, 0.2) is 0 Å². The third-order valence-electron chi connectivity index (χ3n) is 4.71. The molecule has 0 saturated carbocycles. The number of halogens is 1. The van der Waals surface area contributed by atoms with Crippen LogP contribution in [0.1, 0.15) is 96.6 Å². The lowest BCUT2D eigenvalue weighted by Gasteiger charge is -2.19. The van der Waals surface area contributed by atoms with E-state index in [0.717, 1.165) is 23.2 Å². The molecule has 0 atom stereocenters. The van der Waals surface area contributed by atoms with E-state index in [4.69, 9.17) is 19.3 Å². The highest BCUT2D eigenvalue weighted by atomic mass is 79.9. The van der Waals surface area contributed by atoms with E-state index >= 15 is 0 Å². The Kier molecular flexibility index (Phi) is 12.5. The second kappa shape index (κ2) is 14.3. The molecule has 2 aromatic rings. The van der Waals surface area contributed by atoms with Crippen molar-refractivity contribution in [1.82, 2.24) is 0 Å². The number of carbonyl (C=O) groups is 3. The van der Waals surface area contributed by atoms with Crippen LogP contribution in [0.2, 0.25) is 0 Å². The lowest BCUT2D eigenvalue weighted by molar-refractivity contribution is 0.00569. The van der Waals surface area contributed by atoms with Crippen LogP contribution in [0.15, 0.2) is 40.9 Å². The molecule has 2 aromatic carbocycles. The first-order valence-corrected chi connectivity index (χ1v) is 12.9. The molecule has 8 heteroatoms. The molecule has 1 aliphatic rings. The Hall–Kier alpha value is -2.71. The fraction of sp³-hybridized carbons (Fsp3) is 0.483. The molecule has 0 radical (unpaired) electrons.